The van der Waals surface area contributed by atoms with Crippen molar-refractivity contribution >= 4 is 5.91 Å². The number of carbonyl (C=O) groups excluding carboxylic acids is 1. The number of carbonyl (C=O) groups is 1. The first kappa shape index (κ1) is 16.3. The van der Waals surface area contributed by atoms with Crippen molar-refractivity contribution in [3.05, 3.63) is 29.8 Å². The molecule has 0 aromatic heterocycles. The normalized spacial score (nSPS) is 22.7. The molecule has 2 aliphatic rings. The zero-order chi connectivity index (χ0) is 16.2. The third-order valence-corrected chi connectivity index (χ3v) is 5.26. The summed E-state index contributed by atoms with van der Waals surface area (Å²) in [5, 5.41) is 9.35. The fraction of sp³-hybridized carbons (Fsp3) is 0.632. The van der Waals surface area contributed by atoms with Gasteiger partial charge in [-0.2, -0.15) is 0 Å². The Balaban J connectivity index is 1.65. The number of amides is 1. The first-order valence-electron chi connectivity index (χ1n) is 8.74. The van der Waals surface area contributed by atoms with Crippen LogP contribution < -0.4 is 4.74 Å². The van der Waals surface area contributed by atoms with Crippen LogP contribution in [0.15, 0.2) is 24.3 Å². The highest BCUT2D eigenvalue weighted by Crippen LogP contribution is 2.45. The first-order valence-corrected chi connectivity index (χ1v) is 8.74. The van der Waals surface area contributed by atoms with Gasteiger partial charge >= 0.3 is 0 Å². The lowest BCUT2D eigenvalue weighted by Gasteiger charge is -2.33. The minimum atomic E-state index is 0.189. The van der Waals surface area contributed by atoms with E-state index >= 15 is 0 Å². The Hall–Kier alpha value is -1.55. The van der Waals surface area contributed by atoms with E-state index in [1.54, 1.807) is 7.11 Å². The van der Waals surface area contributed by atoms with Gasteiger partial charge in [-0.1, -0.05) is 12.1 Å². The van der Waals surface area contributed by atoms with Crippen LogP contribution in [0.4, 0.5) is 0 Å². The van der Waals surface area contributed by atoms with Crippen LogP contribution in [0.5, 0.6) is 5.75 Å². The Morgan fingerprint density at radius 3 is 2.65 bits per heavy atom. The third kappa shape index (κ3) is 4.05. The van der Waals surface area contributed by atoms with E-state index in [0.717, 1.165) is 31.7 Å². The standard InChI is InChI=1S/C19H27NO3/c1-23-17-8-6-16(7-9-17)18(15-4-5-15)11-19(22)20-10-2-3-14(12-20)13-21/h6-9,14-15,18,21H,2-5,10-13H2,1H3. The van der Waals surface area contributed by atoms with E-state index in [4.69, 9.17) is 4.74 Å². The van der Waals surface area contributed by atoms with Crippen molar-refractivity contribution in [2.24, 2.45) is 11.8 Å². The number of hydrogen-bond donors (Lipinski definition) is 1. The molecule has 1 saturated carbocycles. The molecule has 0 bridgehead atoms. The monoisotopic (exact) mass is 317 g/mol. The van der Waals surface area contributed by atoms with Crippen molar-refractivity contribution in [1.82, 2.24) is 4.90 Å². The largest absolute Gasteiger partial charge is 0.497 e. The number of likely N-dealkylation sites (tertiary alicyclic amines) is 1. The number of rotatable bonds is 6. The van der Waals surface area contributed by atoms with E-state index < -0.39 is 0 Å². The summed E-state index contributed by atoms with van der Waals surface area (Å²) in [6.45, 7) is 1.75. The highest BCUT2D eigenvalue weighted by Gasteiger charge is 2.35. The lowest BCUT2D eigenvalue weighted by molar-refractivity contribution is -0.133. The topological polar surface area (TPSA) is 49.8 Å². The average Bonchev–Trinajstić information content (AvgIpc) is 3.44. The molecule has 0 radical (unpaired) electrons. The second kappa shape index (κ2) is 7.35. The summed E-state index contributed by atoms with van der Waals surface area (Å²) in [4.78, 5) is 14.7. The number of ether oxygens (including phenoxy) is 1. The molecule has 4 nitrogen and oxygen atoms in total. The Kier molecular flexibility index (Phi) is 5.21. The maximum atomic E-state index is 12.7. The number of benzene rings is 1. The summed E-state index contributed by atoms with van der Waals surface area (Å²) in [5.41, 5.74) is 1.25. The van der Waals surface area contributed by atoms with Gasteiger partial charge in [-0.15, -0.1) is 0 Å². The minimum Gasteiger partial charge on any atom is -0.497 e. The van der Waals surface area contributed by atoms with E-state index in [2.05, 4.69) is 12.1 Å². The molecular formula is C19H27NO3. The molecule has 126 valence electrons. The number of aliphatic hydroxyl groups is 1. The molecule has 23 heavy (non-hydrogen) atoms. The smallest absolute Gasteiger partial charge is 0.223 e. The third-order valence-electron chi connectivity index (χ3n) is 5.26. The van der Waals surface area contributed by atoms with Gasteiger partial charge in [-0.3, -0.25) is 4.79 Å². The summed E-state index contributed by atoms with van der Waals surface area (Å²) in [7, 11) is 1.67. The van der Waals surface area contributed by atoms with Crippen molar-refractivity contribution in [3.63, 3.8) is 0 Å². The lowest BCUT2D eigenvalue weighted by Crippen LogP contribution is -2.41. The number of methoxy groups -OCH3 is 1. The highest BCUT2D eigenvalue weighted by atomic mass is 16.5. The van der Waals surface area contributed by atoms with E-state index in [9.17, 15) is 9.90 Å². The van der Waals surface area contributed by atoms with Gasteiger partial charge < -0.3 is 14.7 Å². The van der Waals surface area contributed by atoms with E-state index in [-0.39, 0.29) is 18.4 Å². The van der Waals surface area contributed by atoms with Crippen LogP contribution in [-0.4, -0.2) is 42.7 Å². The number of hydrogen-bond acceptors (Lipinski definition) is 3. The van der Waals surface area contributed by atoms with Gasteiger partial charge in [0.1, 0.15) is 5.75 Å². The van der Waals surface area contributed by atoms with Crippen molar-refractivity contribution in [1.29, 1.82) is 0 Å². The summed E-state index contributed by atoms with van der Waals surface area (Å²) in [5.74, 6) is 2.33. The summed E-state index contributed by atoms with van der Waals surface area (Å²) in [6.07, 6.45) is 5.08. The van der Waals surface area contributed by atoms with Crippen molar-refractivity contribution in [2.45, 2.75) is 38.0 Å². The molecule has 0 spiro atoms. The van der Waals surface area contributed by atoms with Crippen LogP contribution >= 0.6 is 0 Å². The van der Waals surface area contributed by atoms with Crippen molar-refractivity contribution in [3.8, 4) is 5.75 Å². The minimum absolute atomic E-state index is 0.189. The van der Waals surface area contributed by atoms with E-state index in [1.807, 2.05) is 17.0 Å². The van der Waals surface area contributed by atoms with Gasteiger partial charge in [0.25, 0.3) is 0 Å². The van der Waals surface area contributed by atoms with Gasteiger partial charge in [0.05, 0.1) is 7.11 Å². The molecule has 2 fully saturated rings. The predicted molar refractivity (Wildman–Crippen MR) is 89.5 cm³/mol. The Morgan fingerprint density at radius 2 is 2.04 bits per heavy atom. The second-order valence-electron chi connectivity index (χ2n) is 6.95. The van der Waals surface area contributed by atoms with Crippen LogP contribution in [0.1, 0.15) is 43.6 Å². The Bertz CT molecular complexity index is 524. The fourth-order valence-corrected chi connectivity index (χ4v) is 3.66. The van der Waals surface area contributed by atoms with Crippen LogP contribution in [0.3, 0.4) is 0 Å². The zero-order valence-electron chi connectivity index (χ0n) is 13.9. The SMILES string of the molecule is COc1ccc(C(CC(=O)N2CCCC(CO)C2)C2CC2)cc1. The van der Waals surface area contributed by atoms with Gasteiger partial charge in [-0.05, 0) is 61.1 Å². The fourth-order valence-electron chi connectivity index (χ4n) is 3.66. The van der Waals surface area contributed by atoms with Crippen molar-refractivity contribution in [2.75, 3.05) is 26.8 Å². The quantitative estimate of drug-likeness (QED) is 0.878. The summed E-state index contributed by atoms with van der Waals surface area (Å²) < 4.78 is 5.23. The molecule has 1 amide bonds. The van der Waals surface area contributed by atoms with Gasteiger partial charge in [0, 0.05) is 26.1 Å². The Morgan fingerprint density at radius 1 is 1.30 bits per heavy atom. The molecule has 1 heterocycles. The molecule has 4 heteroatoms. The molecule has 2 unspecified atom stereocenters. The second-order valence-corrected chi connectivity index (χ2v) is 6.95. The zero-order valence-corrected chi connectivity index (χ0v) is 13.9. The molecule has 1 aliphatic heterocycles. The molecule has 1 aromatic rings. The predicted octanol–water partition coefficient (Wildman–Crippen LogP) is 2.81. The number of aliphatic hydroxyl groups excluding tert-OH is 1. The van der Waals surface area contributed by atoms with Crippen LogP contribution in [-0.2, 0) is 4.79 Å². The molecule has 1 N–H and O–H groups in total. The van der Waals surface area contributed by atoms with Crippen LogP contribution in [0, 0.1) is 11.8 Å². The molecule has 1 aromatic carbocycles. The van der Waals surface area contributed by atoms with Gasteiger partial charge in [-0.25, -0.2) is 0 Å². The maximum Gasteiger partial charge on any atom is 0.223 e. The maximum absolute atomic E-state index is 12.7. The molecule has 3 rings (SSSR count). The van der Waals surface area contributed by atoms with Crippen LogP contribution in [0.2, 0.25) is 0 Å². The highest BCUT2D eigenvalue weighted by molar-refractivity contribution is 5.77. The summed E-state index contributed by atoms with van der Waals surface area (Å²) in [6, 6.07) is 8.17. The van der Waals surface area contributed by atoms with Gasteiger partial charge in [0.15, 0.2) is 0 Å². The van der Waals surface area contributed by atoms with Gasteiger partial charge in [0.2, 0.25) is 5.91 Å². The van der Waals surface area contributed by atoms with Crippen LogP contribution in [0.25, 0.3) is 0 Å². The molecule has 1 saturated heterocycles. The number of nitrogens with zero attached hydrogens (tertiary/aromatic N) is 1. The first-order chi connectivity index (χ1) is 11.2. The number of piperidine rings is 1. The summed E-state index contributed by atoms with van der Waals surface area (Å²) >= 11 is 0. The van der Waals surface area contributed by atoms with E-state index in [0.29, 0.717) is 18.3 Å². The average molecular weight is 317 g/mol. The molecular weight excluding hydrogens is 290 g/mol. The Labute approximate surface area is 138 Å². The van der Waals surface area contributed by atoms with Crippen molar-refractivity contribution < 1.29 is 14.6 Å². The molecule has 1 aliphatic carbocycles. The molecule has 2 atom stereocenters. The van der Waals surface area contributed by atoms with E-state index in [1.165, 1.54) is 18.4 Å². The lowest BCUT2D eigenvalue weighted by atomic mass is 9.89.